The van der Waals surface area contributed by atoms with E-state index in [1.165, 1.54) is 6.08 Å². The van der Waals surface area contributed by atoms with Crippen molar-refractivity contribution in [3.63, 3.8) is 0 Å². The van der Waals surface area contributed by atoms with E-state index >= 15 is 0 Å². The van der Waals surface area contributed by atoms with E-state index in [2.05, 4.69) is 4.57 Å². The van der Waals surface area contributed by atoms with E-state index < -0.39 is 5.97 Å². The van der Waals surface area contributed by atoms with Crippen LogP contribution < -0.4 is 14.2 Å². The molecule has 158 valence electrons. The van der Waals surface area contributed by atoms with Crippen LogP contribution in [0.1, 0.15) is 46.2 Å². The summed E-state index contributed by atoms with van der Waals surface area (Å²) >= 11 is 0. The van der Waals surface area contributed by atoms with Crippen molar-refractivity contribution < 1.29 is 28.5 Å². The first-order valence-electron chi connectivity index (χ1n) is 10.0. The summed E-state index contributed by atoms with van der Waals surface area (Å²) in [5, 5.41) is 0. The lowest BCUT2D eigenvalue weighted by Crippen LogP contribution is -2.16. The van der Waals surface area contributed by atoms with Crippen molar-refractivity contribution in [3.05, 3.63) is 46.8 Å². The summed E-state index contributed by atoms with van der Waals surface area (Å²) in [6.07, 6.45) is 5.17. The summed E-state index contributed by atoms with van der Waals surface area (Å²) in [5.41, 5.74) is 3.33. The molecule has 0 saturated heterocycles. The van der Waals surface area contributed by atoms with Crippen molar-refractivity contribution in [2.24, 2.45) is 0 Å². The van der Waals surface area contributed by atoms with E-state index in [-0.39, 0.29) is 12.4 Å². The molecule has 1 aliphatic carbocycles. The summed E-state index contributed by atoms with van der Waals surface area (Å²) in [6, 6.07) is 5.88. The first-order chi connectivity index (χ1) is 14.5. The fourth-order valence-corrected chi connectivity index (χ4v) is 3.77. The molecule has 0 amide bonds. The number of aromatic nitrogens is 1. The Kier molecular flexibility index (Phi) is 5.53. The summed E-state index contributed by atoms with van der Waals surface area (Å²) in [5.74, 6) is 0.861. The van der Waals surface area contributed by atoms with Crippen LogP contribution in [-0.4, -0.2) is 43.3 Å². The number of benzene rings is 1. The van der Waals surface area contributed by atoms with Crippen molar-refractivity contribution in [1.82, 2.24) is 4.57 Å². The van der Waals surface area contributed by atoms with Crippen LogP contribution in [0.5, 0.6) is 17.2 Å². The molecule has 1 saturated carbocycles. The zero-order valence-electron chi connectivity index (χ0n) is 17.4. The Morgan fingerprint density at radius 3 is 2.67 bits per heavy atom. The van der Waals surface area contributed by atoms with Gasteiger partial charge in [0, 0.05) is 29.1 Å². The number of methoxy groups -OCH3 is 1. The van der Waals surface area contributed by atoms with Gasteiger partial charge in [-0.25, -0.2) is 4.79 Å². The predicted octanol–water partition coefficient (Wildman–Crippen LogP) is 3.66. The third kappa shape index (κ3) is 4.06. The maximum absolute atomic E-state index is 12.5. The Balaban J connectivity index is 1.39. The van der Waals surface area contributed by atoms with Crippen LogP contribution in [0.15, 0.2) is 24.3 Å². The molecule has 0 spiro atoms. The number of ketones is 1. The van der Waals surface area contributed by atoms with Crippen molar-refractivity contribution in [3.8, 4) is 17.2 Å². The standard InChI is InChI=1S/C23H25NO6/c1-14-10-18(15(2)24(14)17-5-6-17)19(25)13-30-22(26)7-4-16-11-20(27-3)23-21(12-16)28-8-9-29-23/h4,7,10-12,17H,5-6,8-9,13H2,1-3H3/b7-4+. The van der Waals surface area contributed by atoms with Crippen molar-refractivity contribution in [1.29, 1.82) is 0 Å². The number of fused-ring (bicyclic) bond motifs is 1. The molecule has 2 aliphatic rings. The lowest BCUT2D eigenvalue weighted by Gasteiger charge is -2.20. The highest BCUT2D eigenvalue weighted by Crippen LogP contribution is 2.41. The number of aryl methyl sites for hydroxylation is 1. The molecule has 30 heavy (non-hydrogen) atoms. The molecule has 4 rings (SSSR count). The molecule has 1 aromatic carbocycles. The molecule has 7 nitrogen and oxygen atoms in total. The van der Waals surface area contributed by atoms with Gasteiger partial charge in [-0.1, -0.05) is 0 Å². The maximum Gasteiger partial charge on any atom is 0.331 e. The zero-order valence-corrected chi connectivity index (χ0v) is 17.4. The van der Waals surface area contributed by atoms with E-state index in [0.717, 1.165) is 24.2 Å². The number of ether oxygens (including phenoxy) is 4. The van der Waals surface area contributed by atoms with Gasteiger partial charge in [0.15, 0.2) is 18.1 Å². The van der Waals surface area contributed by atoms with Crippen LogP contribution >= 0.6 is 0 Å². The van der Waals surface area contributed by atoms with Gasteiger partial charge in [-0.3, -0.25) is 4.79 Å². The Morgan fingerprint density at radius 1 is 1.17 bits per heavy atom. The fourth-order valence-electron chi connectivity index (χ4n) is 3.77. The topological polar surface area (TPSA) is 76.0 Å². The Bertz CT molecular complexity index is 998. The van der Waals surface area contributed by atoms with E-state index in [4.69, 9.17) is 18.9 Å². The third-order valence-electron chi connectivity index (χ3n) is 5.30. The number of nitrogens with zero attached hydrogens (tertiary/aromatic N) is 1. The molecule has 0 atom stereocenters. The maximum atomic E-state index is 12.5. The Labute approximate surface area is 175 Å². The van der Waals surface area contributed by atoms with Gasteiger partial charge < -0.3 is 23.5 Å². The molecular weight excluding hydrogens is 386 g/mol. The van der Waals surface area contributed by atoms with Gasteiger partial charge in [0.05, 0.1) is 7.11 Å². The lowest BCUT2D eigenvalue weighted by molar-refractivity contribution is -0.136. The largest absolute Gasteiger partial charge is 0.493 e. The number of hydrogen-bond acceptors (Lipinski definition) is 6. The quantitative estimate of drug-likeness (QED) is 0.393. The fraction of sp³-hybridized carbons (Fsp3) is 0.391. The smallest absolute Gasteiger partial charge is 0.331 e. The Hall–Kier alpha value is -3.22. The number of carbonyl (C=O) groups is 2. The van der Waals surface area contributed by atoms with E-state index in [9.17, 15) is 9.59 Å². The van der Waals surface area contributed by atoms with Gasteiger partial charge in [-0.15, -0.1) is 0 Å². The molecular formula is C23H25NO6. The molecule has 2 aromatic rings. The van der Waals surface area contributed by atoms with E-state index in [1.807, 2.05) is 19.9 Å². The molecule has 0 N–H and O–H groups in total. The van der Waals surface area contributed by atoms with Gasteiger partial charge >= 0.3 is 5.97 Å². The average Bonchev–Trinajstić information content (AvgIpc) is 3.54. The van der Waals surface area contributed by atoms with Gasteiger partial charge in [0.25, 0.3) is 0 Å². The zero-order chi connectivity index (χ0) is 21.3. The van der Waals surface area contributed by atoms with Crippen molar-refractivity contribution in [2.75, 3.05) is 26.9 Å². The molecule has 1 fully saturated rings. The first-order valence-corrected chi connectivity index (χ1v) is 10.0. The van der Waals surface area contributed by atoms with Crippen LogP contribution in [0, 0.1) is 13.8 Å². The molecule has 0 unspecified atom stereocenters. The normalized spacial score (nSPS) is 15.3. The average molecular weight is 411 g/mol. The van der Waals surface area contributed by atoms with Crippen LogP contribution in [-0.2, 0) is 9.53 Å². The van der Waals surface area contributed by atoms with Crippen molar-refractivity contribution >= 4 is 17.8 Å². The highest BCUT2D eigenvalue weighted by Gasteiger charge is 2.28. The summed E-state index contributed by atoms with van der Waals surface area (Å²) in [6.45, 7) is 4.56. The van der Waals surface area contributed by atoms with Crippen LogP contribution in [0.2, 0.25) is 0 Å². The van der Waals surface area contributed by atoms with Crippen LogP contribution in [0.3, 0.4) is 0 Å². The number of hydrogen-bond donors (Lipinski definition) is 0. The molecule has 0 radical (unpaired) electrons. The molecule has 1 aromatic heterocycles. The van der Waals surface area contributed by atoms with Crippen LogP contribution in [0.25, 0.3) is 6.08 Å². The molecule has 1 aliphatic heterocycles. The molecule has 2 heterocycles. The number of Topliss-reactive ketones (excluding diaryl/α,β-unsaturated/α-hetero) is 1. The minimum absolute atomic E-state index is 0.197. The SMILES string of the molecule is COc1cc(/C=C/C(=O)OCC(=O)c2cc(C)n(C3CC3)c2C)cc2c1OCCO2. The number of esters is 1. The van der Waals surface area contributed by atoms with Gasteiger partial charge in [-0.2, -0.15) is 0 Å². The molecule has 7 heteroatoms. The number of rotatable bonds is 7. The first kappa shape index (κ1) is 20.1. The third-order valence-corrected chi connectivity index (χ3v) is 5.30. The monoisotopic (exact) mass is 411 g/mol. The second kappa shape index (κ2) is 8.26. The Morgan fingerprint density at radius 2 is 1.93 bits per heavy atom. The second-order valence-corrected chi connectivity index (χ2v) is 7.50. The lowest BCUT2D eigenvalue weighted by atomic mass is 10.1. The van der Waals surface area contributed by atoms with Crippen molar-refractivity contribution in [2.45, 2.75) is 32.7 Å². The van der Waals surface area contributed by atoms with Crippen LogP contribution in [0.4, 0.5) is 0 Å². The van der Waals surface area contributed by atoms with Gasteiger partial charge in [0.1, 0.15) is 13.2 Å². The van der Waals surface area contributed by atoms with Gasteiger partial charge in [-0.05, 0) is 56.5 Å². The predicted molar refractivity (Wildman–Crippen MR) is 110 cm³/mol. The minimum Gasteiger partial charge on any atom is -0.493 e. The van der Waals surface area contributed by atoms with E-state index in [1.54, 1.807) is 25.3 Å². The number of carbonyl (C=O) groups excluding carboxylic acids is 2. The summed E-state index contributed by atoms with van der Waals surface area (Å²) < 4.78 is 23.8. The molecule has 0 bridgehead atoms. The summed E-state index contributed by atoms with van der Waals surface area (Å²) in [7, 11) is 1.54. The summed E-state index contributed by atoms with van der Waals surface area (Å²) in [4.78, 5) is 24.7. The second-order valence-electron chi connectivity index (χ2n) is 7.50. The highest BCUT2D eigenvalue weighted by molar-refractivity contribution is 6.00. The van der Waals surface area contributed by atoms with E-state index in [0.29, 0.717) is 47.6 Å². The van der Waals surface area contributed by atoms with Gasteiger partial charge in [0.2, 0.25) is 11.5 Å². The highest BCUT2D eigenvalue weighted by atomic mass is 16.6. The minimum atomic E-state index is -0.590.